The van der Waals surface area contributed by atoms with E-state index in [0.717, 1.165) is 5.56 Å². The third-order valence-electron chi connectivity index (χ3n) is 2.91. The molecular weight excluding hydrogens is 304 g/mol. The number of benzene rings is 1. The number of nitrogen functional groups attached to an aromatic ring is 1. The summed E-state index contributed by atoms with van der Waals surface area (Å²) in [6, 6.07) is 8.88. The lowest BCUT2D eigenvalue weighted by Crippen LogP contribution is -2.44. The average molecular weight is 324 g/mol. The molecule has 6 nitrogen and oxygen atoms in total. The van der Waals surface area contributed by atoms with Crippen LogP contribution in [0.1, 0.15) is 16.7 Å². The normalized spacial score (nSPS) is 10.6. The Morgan fingerprint density at radius 1 is 1.14 bits per heavy atom. The van der Waals surface area contributed by atoms with Crippen LogP contribution >= 0.6 is 0 Å². The second-order valence-electron chi connectivity index (χ2n) is 4.83. The molecule has 0 radical (unpaired) electrons. The van der Waals surface area contributed by atoms with Crippen LogP contribution in [-0.2, 0) is 10.1 Å². The molecule has 2 N–H and O–H groups in total. The molecule has 0 unspecified atom stereocenters. The summed E-state index contributed by atoms with van der Waals surface area (Å²) in [5, 5.41) is 0. The third-order valence-corrected chi connectivity index (χ3v) is 4.06. The minimum atomic E-state index is -4.33. The average Bonchev–Trinajstić information content (AvgIpc) is 2.37. The van der Waals surface area contributed by atoms with E-state index in [9.17, 15) is 13.0 Å². The van der Waals surface area contributed by atoms with E-state index in [0.29, 0.717) is 17.0 Å². The van der Waals surface area contributed by atoms with Crippen molar-refractivity contribution in [2.24, 2.45) is 0 Å². The van der Waals surface area contributed by atoms with Crippen molar-refractivity contribution >= 4 is 10.1 Å². The minimum Gasteiger partial charge on any atom is -0.744 e. The highest BCUT2D eigenvalue weighted by Crippen LogP contribution is 2.20. The number of hydrogen-bond donors (Lipinski definition) is 1. The van der Waals surface area contributed by atoms with Crippen molar-refractivity contribution in [3.8, 4) is 5.88 Å². The number of pyridine rings is 1. The van der Waals surface area contributed by atoms with Crippen molar-refractivity contribution in [2.75, 3.05) is 13.0 Å². The van der Waals surface area contributed by atoms with Gasteiger partial charge >= 0.3 is 5.88 Å². The molecule has 22 heavy (non-hydrogen) atoms. The van der Waals surface area contributed by atoms with Crippen molar-refractivity contribution in [1.29, 1.82) is 0 Å². The zero-order chi connectivity index (χ0) is 16.9. The quantitative estimate of drug-likeness (QED) is 0.509. The maximum atomic E-state index is 10.8. The molecule has 7 heteroatoms. The predicted molar refractivity (Wildman–Crippen MR) is 82.0 cm³/mol. The first-order chi connectivity index (χ1) is 10.2. The number of nitrogens with two attached hydrogens (primary N) is 1. The van der Waals surface area contributed by atoms with Gasteiger partial charge in [-0.25, -0.2) is 14.3 Å². The molecule has 1 aromatic carbocycles. The van der Waals surface area contributed by atoms with Crippen LogP contribution in [0.15, 0.2) is 41.4 Å². The molecule has 2 aromatic rings. The van der Waals surface area contributed by atoms with Crippen LogP contribution in [0, 0.1) is 20.8 Å². The van der Waals surface area contributed by atoms with Gasteiger partial charge < -0.3 is 9.29 Å². The smallest absolute Gasteiger partial charge is 0.396 e. The summed E-state index contributed by atoms with van der Waals surface area (Å²) in [6.45, 7) is 5.12. The molecule has 0 atom stereocenters. The Hall–Kier alpha value is -2.12. The van der Waals surface area contributed by atoms with Gasteiger partial charge in [-0.2, -0.15) is 0 Å². The molecule has 2 rings (SSSR count). The molecule has 0 fully saturated rings. The molecule has 0 saturated carbocycles. The summed E-state index contributed by atoms with van der Waals surface area (Å²) in [4.78, 5) is -0.0851. The van der Waals surface area contributed by atoms with Crippen LogP contribution in [0.4, 0.5) is 0 Å². The summed E-state index contributed by atoms with van der Waals surface area (Å²) < 4.78 is 38.8. The predicted octanol–water partition coefficient (Wildman–Crippen LogP) is 1.21. The van der Waals surface area contributed by atoms with Gasteiger partial charge in [0, 0.05) is 6.07 Å². The van der Waals surface area contributed by atoms with Crippen LogP contribution in [0.2, 0.25) is 0 Å². The van der Waals surface area contributed by atoms with Crippen LogP contribution in [0.5, 0.6) is 5.88 Å². The minimum absolute atomic E-state index is 0.0851. The summed E-state index contributed by atoms with van der Waals surface area (Å²) >= 11 is 0. The Kier molecular flexibility index (Phi) is 5.90. The second kappa shape index (κ2) is 7.24. The van der Waals surface area contributed by atoms with Crippen molar-refractivity contribution in [3.63, 3.8) is 0 Å². The number of methoxy groups -OCH3 is 1. The van der Waals surface area contributed by atoms with Gasteiger partial charge in [0.15, 0.2) is 0 Å². The van der Waals surface area contributed by atoms with Crippen LogP contribution in [-0.4, -0.2) is 20.1 Å². The Labute approximate surface area is 130 Å². The molecule has 1 aromatic heterocycles. The Morgan fingerprint density at radius 2 is 1.68 bits per heavy atom. The van der Waals surface area contributed by atoms with E-state index in [1.807, 2.05) is 19.1 Å². The van der Waals surface area contributed by atoms with Gasteiger partial charge in [0.25, 0.3) is 0 Å². The van der Waals surface area contributed by atoms with Crippen molar-refractivity contribution in [3.05, 3.63) is 53.2 Å². The molecule has 0 aliphatic carbocycles. The fourth-order valence-electron chi connectivity index (χ4n) is 2.17. The van der Waals surface area contributed by atoms with Gasteiger partial charge in [0.1, 0.15) is 10.1 Å². The van der Waals surface area contributed by atoms with E-state index in [4.69, 9.17) is 10.6 Å². The van der Waals surface area contributed by atoms with Gasteiger partial charge in [-0.15, -0.1) is 0 Å². The highest BCUT2D eigenvalue weighted by atomic mass is 32.2. The Balaban J connectivity index is 0.000000235. The fraction of sp³-hybridized carbons (Fsp3) is 0.267. The first-order valence-electron chi connectivity index (χ1n) is 6.50. The summed E-state index contributed by atoms with van der Waals surface area (Å²) in [5.41, 5.74) is 2.00. The Morgan fingerprint density at radius 3 is 2.05 bits per heavy atom. The maximum Gasteiger partial charge on any atom is 0.396 e. The lowest BCUT2D eigenvalue weighted by atomic mass is 10.1. The van der Waals surface area contributed by atoms with Gasteiger partial charge in [-0.1, -0.05) is 22.4 Å². The van der Waals surface area contributed by atoms with E-state index in [-0.39, 0.29) is 4.90 Å². The van der Waals surface area contributed by atoms with E-state index in [1.54, 1.807) is 45.4 Å². The SMILES string of the molecule is COc1cccc[n+]1N.Cc1cc(C)c(S(=O)(=O)[O-])c(C)c1. The highest BCUT2D eigenvalue weighted by Gasteiger charge is 2.09. The number of aromatic nitrogens is 1. The topological polar surface area (TPSA) is 96.3 Å². The number of aryl methyl sites for hydroxylation is 3. The van der Waals surface area contributed by atoms with Crippen molar-refractivity contribution in [2.45, 2.75) is 25.7 Å². The fourth-order valence-corrected chi connectivity index (χ4v) is 3.08. The van der Waals surface area contributed by atoms with Gasteiger partial charge in [-0.3, -0.25) is 0 Å². The third kappa shape index (κ3) is 4.71. The zero-order valence-electron chi connectivity index (χ0n) is 13.0. The molecule has 0 aliphatic rings. The van der Waals surface area contributed by atoms with E-state index >= 15 is 0 Å². The lowest BCUT2D eigenvalue weighted by Gasteiger charge is -2.14. The molecular formula is C15H20N2O4S. The maximum absolute atomic E-state index is 10.8. The zero-order valence-corrected chi connectivity index (χ0v) is 13.8. The first kappa shape index (κ1) is 17.9. The highest BCUT2D eigenvalue weighted by molar-refractivity contribution is 7.85. The number of hydrogen-bond acceptors (Lipinski definition) is 5. The Bertz CT molecular complexity index is 735. The first-order valence-corrected chi connectivity index (χ1v) is 7.91. The molecule has 0 spiro atoms. The van der Waals surface area contributed by atoms with Gasteiger partial charge in [0.05, 0.1) is 18.1 Å². The van der Waals surface area contributed by atoms with Crippen LogP contribution < -0.4 is 15.3 Å². The van der Waals surface area contributed by atoms with Gasteiger partial charge in [0.2, 0.25) is 6.20 Å². The van der Waals surface area contributed by atoms with E-state index < -0.39 is 10.1 Å². The monoisotopic (exact) mass is 324 g/mol. The molecule has 0 bridgehead atoms. The van der Waals surface area contributed by atoms with Crippen LogP contribution in [0.25, 0.3) is 0 Å². The molecule has 120 valence electrons. The molecule has 0 saturated heterocycles. The number of nitrogens with zero attached hydrogens (tertiary/aromatic N) is 1. The lowest BCUT2D eigenvalue weighted by molar-refractivity contribution is -0.644. The van der Waals surface area contributed by atoms with Crippen molar-refractivity contribution < 1.29 is 22.4 Å². The molecule has 0 amide bonds. The molecule has 1 heterocycles. The second-order valence-corrected chi connectivity index (χ2v) is 6.15. The largest absolute Gasteiger partial charge is 0.744 e. The summed E-state index contributed by atoms with van der Waals surface area (Å²) in [7, 11) is -2.75. The number of rotatable bonds is 2. The van der Waals surface area contributed by atoms with Crippen LogP contribution in [0.3, 0.4) is 0 Å². The standard InChI is InChI=1S/C9H12O3S.C6H9N2O/c1-6-4-7(2)9(8(3)5-6)13(10,11)12;1-9-6-4-2-3-5-8(6)7/h4-5H,1-3H3,(H,10,11,12);2-5H,7H2,1H3/q;+1/p-1. The summed E-state index contributed by atoms with van der Waals surface area (Å²) in [6.07, 6.45) is 1.72. The molecule has 0 aliphatic heterocycles. The van der Waals surface area contributed by atoms with E-state index in [2.05, 4.69) is 0 Å². The number of ether oxygens (including phenoxy) is 1. The van der Waals surface area contributed by atoms with E-state index in [1.165, 1.54) is 4.68 Å². The summed E-state index contributed by atoms with van der Waals surface area (Å²) in [5.74, 6) is 6.07. The van der Waals surface area contributed by atoms with Crippen molar-refractivity contribution in [1.82, 2.24) is 0 Å². The van der Waals surface area contributed by atoms with Gasteiger partial charge in [-0.05, 0) is 38.0 Å².